The summed E-state index contributed by atoms with van der Waals surface area (Å²) in [5.41, 5.74) is 1.81. The van der Waals surface area contributed by atoms with Crippen LogP contribution < -0.4 is 5.32 Å². The Morgan fingerprint density at radius 1 is 1.47 bits per heavy atom. The molecule has 0 radical (unpaired) electrons. The van der Waals surface area contributed by atoms with E-state index in [4.69, 9.17) is 0 Å². The average molecular weight is 272 g/mol. The summed E-state index contributed by atoms with van der Waals surface area (Å²) in [5, 5.41) is 3.35. The van der Waals surface area contributed by atoms with Crippen molar-refractivity contribution in [1.82, 2.24) is 5.32 Å². The van der Waals surface area contributed by atoms with Gasteiger partial charge in [0.15, 0.2) is 0 Å². The lowest BCUT2D eigenvalue weighted by Gasteiger charge is -2.24. The Hall–Kier alpha value is -0.410. The van der Waals surface area contributed by atoms with Crippen molar-refractivity contribution in [2.75, 3.05) is 13.1 Å². The van der Waals surface area contributed by atoms with Gasteiger partial charge in [0.05, 0.1) is 4.47 Å². The Labute approximate surface area is 98.2 Å². The summed E-state index contributed by atoms with van der Waals surface area (Å²) in [5.74, 6) is 0.335. The number of piperidine rings is 1. The summed E-state index contributed by atoms with van der Waals surface area (Å²) >= 11 is 3.36. The highest BCUT2D eigenvalue weighted by atomic mass is 79.9. The first kappa shape index (κ1) is 11.1. The van der Waals surface area contributed by atoms with E-state index in [9.17, 15) is 4.39 Å². The summed E-state index contributed by atoms with van der Waals surface area (Å²) in [6, 6.07) is 3.91. The third-order valence-corrected chi connectivity index (χ3v) is 3.85. The average Bonchev–Trinajstić information content (AvgIpc) is 2.27. The maximum Gasteiger partial charge on any atom is 0.140 e. The van der Waals surface area contributed by atoms with Gasteiger partial charge in [0, 0.05) is 6.54 Å². The third kappa shape index (κ3) is 2.23. The highest BCUT2D eigenvalue weighted by Gasteiger charge is 2.19. The Balaban J connectivity index is 2.31. The van der Waals surface area contributed by atoms with Gasteiger partial charge in [-0.25, -0.2) is 4.39 Å². The summed E-state index contributed by atoms with van der Waals surface area (Å²) in [6.45, 7) is 3.84. The molecule has 1 aromatic carbocycles. The maximum atomic E-state index is 13.7. The molecule has 1 aliphatic heterocycles. The molecular weight excluding hydrogens is 257 g/mol. The molecular formula is C12H15BrFN. The van der Waals surface area contributed by atoms with E-state index >= 15 is 0 Å². The van der Waals surface area contributed by atoms with Gasteiger partial charge in [-0.05, 0) is 59.3 Å². The van der Waals surface area contributed by atoms with Gasteiger partial charge in [-0.15, -0.1) is 0 Å². The largest absolute Gasteiger partial charge is 0.316 e. The minimum absolute atomic E-state index is 0.113. The molecule has 2 rings (SSSR count). The van der Waals surface area contributed by atoms with Gasteiger partial charge in [-0.3, -0.25) is 0 Å². The standard InChI is InChI=1S/C12H15BrFN/c1-8-4-5-10(11(13)12(8)14)9-3-2-6-15-7-9/h4-5,9,15H,2-3,6-7H2,1H3. The van der Waals surface area contributed by atoms with Crippen molar-refractivity contribution in [1.29, 1.82) is 0 Å². The number of halogens is 2. The van der Waals surface area contributed by atoms with Crippen LogP contribution in [-0.2, 0) is 0 Å². The minimum Gasteiger partial charge on any atom is -0.316 e. The predicted octanol–water partition coefficient (Wildman–Crippen LogP) is 3.36. The van der Waals surface area contributed by atoms with E-state index in [2.05, 4.69) is 21.2 Å². The van der Waals surface area contributed by atoms with E-state index in [0.29, 0.717) is 16.0 Å². The van der Waals surface area contributed by atoms with E-state index in [-0.39, 0.29) is 5.82 Å². The lowest BCUT2D eigenvalue weighted by atomic mass is 9.91. The van der Waals surface area contributed by atoms with E-state index in [1.165, 1.54) is 6.42 Å². The van der Waals surface area contributed by atoms with Gasteiger partial charge in [0.2, 0.25) is 0 Å². The fourth-order valence-electron chi connectivity index (χ4n) is 2.09. The third-order valence-electron chi connectivity index (χ3n) is 3.04. The van der Waals surface area contributed by atoms with Gasteiger partial charge in [0.1, 0.15) is 5.82 Å². The second-order valence-electron chi connectivity index (χ2n) is 4.14. The Morgan fingerprint density at radius 2 is 2.27 bits per heavy atom. The number of benzene rings is 1. The number of rotatable bonds is 1. The highest BCUT2D eigenvalue weighted by molar-refractivity contribution is 9.10. The van der Waals surface area contributed by atoms with Gasteiger partial charge in [-0.1, -0.05) is 12.1 Å². The molecule has 1 heterocycles. The van der Waals surface area contributed by atoms with Crippen LogP contribution in [-0.4, -0.2) is 13.1 Å². The predicted molar refractivity (Wildman–Crippen MR) is 63.7 cm³/mol. The van der Waals surface area contributed by atoms with Crippen molar-refractivity contribution in [3.05, 3.63) is 33.5 Å². The Bertz CT molecular complexity index is 359. The Morgan fingerprint density at radius 3 is 2.93 bits per heavy atom. The van der Waals surface area contributed by atoms with E-state index in [1.54, 1.807) is 6.92 Å². The van der Waals surface area contributed by atoms with Crippen LogP contribution in [0.15, 0.2) is 16.6 Å². The summed E-state index contributed by atoms with van der Waals surface area (Å²) in [4.78, 5) is 0. The zero-order valence-corrected chi connectivity index (χ0v) is 10.4. The van der Waals surface area contributed by atoms with E-state index < -0.39 is 0 Å². The number of nitrogens with one attached hydrogen (secondary N) is 1. The minimum atomic E-state index is -0.113. The fourth-order valence-corrected chi connectivity index (χ4v) is 2.86. The van der Waals surface area contributed by atoms with Gasteiger partial charge in [0.25, 0.3) is 0 Å². The van der Waals surface area contributed by atoms with Crippen LogP contribution >= 0.6 is 15.9 Å². The molecule has 82 valence electrons. The number of aryl methyl sites for hydroxylation is 1. The molecule has 0 saturated carbocycles. The molecule has 1 nitrogen and oxygen atoms in total. The second-order valence-corrected chi connectivity index (χ2v) is 4.94. The van der Waals surface area contributed by atoms with E-state index in [1.807, 2.05) is 12.1 Å². The van der Waals surface area contributed by atoms with Crippen molar-refractivity contribution >= 4 is 15.9 Å². The molecule has 0 aliphatic carbocycles. The molecule has 0 bridgehead atoms. The first-order chi connectivity index (χ1) is 7.20. The lowest BCUT2D eigenvalue weighted by molar-refractivity contribution is 0.458. The molecule has 1 aromatic rings. The second kappa shape index (κ2) is 4.62. The van der Waals surface area contributed by atoms with Crippen LogP contribution in [0.4, 0.5) is 4.39 Å². The lowest BCUT2D eigenvalue weighted by Crippen LogP contribution is -2.28. The van der Waals surface area contributed by atoms with Crippen LogP contribution in [0, 0.1) is 12.7 Å². The molecule has 1 atom stereocenters. The zero-order valence-electron chi connectivity index (χ0n) is 8.82. The van der Waals surface area contributed by atoms with Crippen molar-refractivity contribution in [2.24, 2.45) is 0 Å². The smallest absolute Gasteiger partial charge is 0.140 e. The molecule has 1 unspecified atom stereocenters. The molecule has 0 spiro atoms. The number of hydrogen-bond donors (Lipinski definition) is 1. The van der Waals surface area contributed by atoms with Gasteiger partial charge >= 0.3 is 0 Å². The first-order valence-electron chi connectivity index (χ1n) is 5.35. The SMILES string of the molecule is Cc1ccc(C2CCCNC2)c(Br)c1F. The summed E-state index contributed by atoms with van der Waals surface area (Å²) in [7, 11) is 0. The molecule has 0 amide bonds. The molecule has 0 aromatic heterocycles. The normalized spacial score (nSPS) is 21.7. The molecule has 1 N–H and O–H groups in total. The maximum absolute atomic E-state index is 13.7. The topological polar surface area (TPSA) is 12.0 Å². The molecule has 1 aliphatic rings. The van der Waals surface area contributed by atoms with E-state index in [0.717, 1.165) is 25.1 Å². The summed E-state index contributed by atoms with van der Waals surface area (Å²) in [6.07, 6.45) is 2.32. The molecule has 1 fully saturated rings. The first-order valence-corrected chi connectivity index (χ1v) is 6.14. The number of hydrogen-bond acceptors (Lipinski definition) is 1. The molecule has 1 saturated heterocycles. The van der Waals surface area contributed by atoms with Crippen LogP contribution in [0.5, 0.6) is 0 Å². The van der Waals surface area contributed by atoms with Crippen molar-refractivity contribution in [3.8, 4) is 0 Å². The van der Waals surface area contributed by atoms with Crippen molar-refractivity contribution < 1.29 is 4.39 Å². The van der Waals surface area contributed by atoms with Crippen LogP contribution in [0.3, 0.4) is 0 Å². The van der Waals surface area contributed by atoms with Crippen LogP contribution in [0.25, 0.3) is 0 Å². The van der Waals surface area contributed by atoms with Crippen molar-refractivity contribution in [3.63, 3.8) is 0 Å². The van der Waals surface area contributed by atoms with Crippen LogP contribution in [0.1, 0.15) is 29.9 Å². The Kier molecular flexibility index (Phi) is 3.42. The fraction of sp³-hybridized carbons (Fsp3) is 0.500. The summed E-state index contributed by atoms with van der Waals surface area (Å²) < 4.78 is 14.3. The zero-order chi connectivity index (χ0) is 10.8. The molecule has 3 heteroatoms. The van der Waals surface area contributed by atoms with Gasteiger partial charge < -0.3 is 5.32 Å². The van der Waals surface area contributed by atoms with Crippen molar-refractivity contribution in [2.45, 2.75) is 25.7 Å². The quantitative estimate of drug-likeness (QED) is 0.826. The van der Waals surface area contributed by atoms with Gasteiger partial charge in [-0.2, -0.15) is 0 Å². The van der Waals surface area contributed by atoms with Crippen LogP contribution in [0.2, 0.25) is 0 Å². The highest BCUT2D eigenvalue weighted by Crippen LogP contribution is 2.32. The monoisotopic (exact) mass is 271 g/mol. The molecule has 15 heavy (non-hydrogen) atoms.